The normalized spacial score (nSPS) is 17.7. The van der Waals surface area contributed by atoms with E-state index < -0.39 is 0 Å². The van der Waals surface area contributed by atoms with Gasteiger partial charge in [0.1, 0.15) is 0 Å². The van der Waals surface area contributed by atoms with Gasteiger partial charge in [0.05, 0.1) is 5.41 Å². The van der Waals surface area contributed by atoms with Crippen LogP contribution in [0, 0.1) is 5.41 Å². The monoisotopic (exact) mass is 255 g/mol. The largest absolute Gasteiger partial charge is 0.356 e. The summed E-state index contributed by atoms with van der Waals surface area (Å²) in [5.41, 5.74) is -0.288. The Balaban J connectivity index is 2.29. The van der Waals surface area contributed by atoms with Gasteiger partial charge in [0.15, 0.2) is 0 Å². The first-order valence-corrected chi connectivity index (χ1v) is 7.27. The molecule has 0 aromatic carbocycles. The average Bonchev–Trinajstić information content (AvgIpc) is 2.35. The highest BCUT2D eigenvalue weighted by atomic mass is 16.2. The molecule has 18 heavy (non-hydrogen) atoms. The van der Waals surface area contributed by atoms with Crippen LogP contribution in [0.5, 0.6) is 0 Å². The highest BCUT2D eigenvalue weighted by Crippen LogP contribution is 2.17. The maximum absolute atomic E-state index is 12.1. The number of piperazine rings is 1. The topological polar surface area (TPSA) is 44.4 Å². The molecule has 1 aliphatic heterocycles. The van der Waals surface area contributed by atoms with Gasteiger partial charge in [0.25, 0.3) is 0 Å². The fourth-order valence-electron chi connectivity index (χ4n) is 2.32. The SMILES string of the molecule is CCCCCNC(=O)C(C)(C)CN1CCNCC1. The van der Waals surface area contributed by atoms with Crippen LogP contribution in [-0.4, -0.2) is 50.1 Å². The van der Waals surface area contributed by atoms with Crippen LogP contribution in [0.4, 0.5) is 0 Å². The third kappa shape index (κ3) is 5.36. The van der Waals surface area contributed by atoms with E-state index in [0.29, 0.717) is 0 Å². The van der Waals surface area contributed by atoms with Crippen LogP contribution in [-0.2, 0) is 4.79 Å². The van der Waals surface area contributed by atoms with E-state index in [9.17, 15) is 4.79 Å². The molecule has 0 atom stereocenters. The Morgan fingerprint density at radius 1 is 1.28 bits per heavy atom. The molecule has 1 amide bonds. The first-order chi connectivity index (χ1) is 8.56. The molecule has 0 spiro atoms. The Morgan fingerprint density at radius 2 is 1.94 bits per heavy atom. The zero-order valence-electron chi connectivity index (χ0n) is 12.2. The van der Waals surface area contributed by atoms with Crippen LogP contribution in [0.25, 0.3) is 0 Å². The van der Waals surface area contributed by atoms with Crippen molar-refractivity contribution in [3.05, 3.63) is 0 Å². The molecule has 1 fully saturated rings. The molecule has 4 nitrogen and oxygen atoms in total. The number of hydrogen-bond donors (Lipinski definition) is 2. The van der Waals surface area contributed by atoms with E-state index in [2.05, 4.69) is 22.5 Å². The maximum Gasteiger partial charge on any atom is 0.226 e. The lowest BCUT2D eigenvalue weighted by Crippen LogP contribution is -2.50. The molecule has 1 rings (SSSR count). The van der Waals surface area contributed by atoms with Gasteiger partial charge in [0, 0.05) is 39.3 Å². The highest BCUT2D eigenvalue weighted by Gasteiger charge is 2.30. The number of nitrogens with one attached hydrogen (secondary N) is 2. The summed E-state index contributed by atoms with van der Waals surface area (Å²) in [5, 5.41) is 6.40. The Bertz CT molecular complexity index is 247. The van der Waals surface area contributed by atoms with Crippen LogP contribution in [0.3, 0.4) is 0 Å². The summed E-state index contributed by atoms with van der Waals surface area (Å²) in [5.74, 6) is 0.192. The predicted octanol–water partition coefficient (Wildman–Crippen LogP) is 1.22. The molecule has 1 saturated heterocycles. The Hall–Kier alpha value is -0.610. The molecule has 0 aromatic heterocycles. The van der Waals surface area contributed by atoms with E-state index in [1.54, 1.807) is 0 Å². The zero-order valence-corrected chi connectivity index (χ0v) is 12.2. The number of unbranched alkanes of at least 4 members (excludes halogenated alkanes) is 2. The summed E-state index contributed by atoms with van der Waals surface area (Å²) in [6.07, 6.45) is 3.48. The lowest BCUT2D eigenvalue weighted by atomic mass is 9.91. The molecule has 1 heterocycles. The Kier molecular flexibility index (Phi) is 6.65. The standard InChI is InChI=1S/C14H29N3O/c1-4-5-6-7-16-13(18)14(2,3)12-17-10-8-15-9-11-17/h15H,4-12H2,1-3H3,(H,16,18). The summed E-state index contributed by atoms with van der Waals surface area (Å²) in [7, 11) is 0. The van der Waals surface area contributed by atoms with E-state index in [4.69, 9.17) is 0 Å². The molecular formula is C14H29N3O. The summed E-state index contributed by atoms with van der Waals surface area (Å²) in [6.45, 7) is 12.1. The van der Waals surface area contributed by atoms with Crippen LogP contribution in [0.15, 0.2) is 0 Å². The number of carbonyl (C=O) groups is 1. The minimum atomic E-state index is -0.288. The van der Waals surface area contributed by atoms with Gasteiger partial charge in [-0.2, -0.15) is 0 Å². The number of nitrogens with zero attached hydrogens (tertiary/aromatic N) is 1. The molecule has 106 valence electrons. The minimum absolute atomic E-state index is 0.192. The zero-order chi connectivity index (χ0) is 13.4. The van der Waals surface area contributed by atoms with Gasteiger partial charge >= 0.3 is 0 Å². The maximum atomic E-state index is 12.1. The van der Waals surface area contributed by atoms with Gasteiger partial charge in [-0.05, 0) is 20.3 Å². The van der Waals surface area contributed by atoms with Gasteiger partial charge in [-0.3, -0.25) is 9.69 Å². The van der Waals surface area contributed by atoms with Gasteiger partial charge < -0.3 is 10.6 Å². The molecular weight excluding hydrogens is 226 g/mol. The number of hydrogen-bond acceptors (Lipinski definition) is 3. The molecule has 2 N–H and O–H groups in total. The van der Waals surface area contributed by atoms with E-state index >= 15 is 0 Å². The smallest absolute Gasteiger partial charge is 0.226 e. The highest BCUT2D eigenvalue weighted by molar-refractivity contribution is 5.82. The van der Waals surface area contributed by atoms with Crippen molar-refractivity contribution < 1.29 is 4.79 Å². The molecule has 1 aliphatic rings. The molecule has 0 aliphatic carbocycles. The van der Waals surface area contributed by atoms with Crippen molar-refractivity contribution in [1.82, 2.24) is 15.5 Å². The summed E-state index contributed by atoms with van der Waals surface area (Å²) < 4.78 is 0. The van der Waals surface area contributed by atoms with Gasteiger partial charge in [0.2, 0.25) is 5.91 Å². The molecule has 0 unspecified atom stereocenters. The Morgan fingerprint density at radius 3 is 2.56 bits per heavy atom. The molecule has 0 bridgehead atoms. The second-order valence-electron chi connectivity index (χ2n) is 5.87. The van der Waals surface area contributed by atoms with Crippen LogP contribution in [0.2, 0.25) is 0 Å². The molecule has 0 saturated carbocycles. The molecule has 4 heteroatoms. The van der Waals surface area contributed by atoms with E-state index in [1.807, 2.05) is 13.8 Å². The van der Waals surface area contributed by atoms with Crippen LogP contribution >= 0.6 is 0 Å². The summed E-state index contributed by atoms with van der Waals surface area (Å²) >= 11 is 0. The number of amides is 1. The van der Waals surface area contributed by atoms with Crippen molar-refractivity contribution in [2.24, 2.45) is 5.41 Å². The van der Waals surface area contributed by atoms with Crippen molar-refractivity contribution >= 4 is 5.91 Å². The minimum Gasteiger partial charge on any atom is -0.356 e. The third-order valence-corrected chi connectivity index (χ3v) is 3.51. The quantitative estimate of drug-likeness (QED) is 0.672. The van der Waals surface area contributed by atoms with E-state index in [1.165, 1.54) is 12.8 Å². The third-order valence-electron chi connectivity index (χ3n) is 3.51. The van der Waals surface area contributed by atoms with Crippen molar-refractivity contribution in [2.45, 2.75) is 40.0 Å². The van der Waals surface area contributed by atoms with Crippen LogP contribution < -0.4 is 10.6 Å². The van der Waals surface area contributed by atoms with E-state index in [0.717, 1.165) is 45.7 Å². The average molecular weight is 255 g/mol. The fourth-order valence-corrected chi connectivity index (χ4v) is 2.32. The number of rotatable bonds is 7. The van der Waals surface area contributed by atoms with Gasteiger partial charge in [-0.1, -0.05) is 19.8 Å². The first kappa shape index (κ1) is 15.4. The lowest BCUT2D eigenvalue weighted by molar-refractivity contribution is -0.130. The molecule has 0 aromatic rings. The summed E-state index contributed by atoms with van der Waals surface area (Å²) in [6, 6.07) is 0. The van der Waals surface area contributed by atoms with Gasteiger partial charge in [-0.25, -0.2) is 0 Å². The van der Waals surface area contributed by atoms with Crippen molar-refractivity contribution in [1.29, 1.82) is 0 Å². The first-order valence-electron chi connectivity index (χ1n) is 7.27. The second kappa shape index (κ2) is 7.74. The van der Waals surface area contributed by atoms with E-state index in [-0.39, 0.29) is 11.3 Å². The molecule has 0 radical (unpaired) electrons. The van der Waals surface area contributed by atoms with Crippen molar-refractivity contribution in [3.63, 3.8) is 0 Å². The summed E-state index contributed by atoms with van der Waals surface area (Å²) in [4.78, 5) is 14.5. The predicted molar refractivity (Wildman–Crippen MR) is 75.6 cm³/mol. The lowest BCUT2D eigenvalue weighted by Gasteiger charge is -2.34. The number of carbonyl (C=O) groups excluding carboxylic acids is 1. The van der Waals surface area contributed by atoms with Gasteiger partial charge in [-0.15, -0.1) is 0 Å². The Labute approximate surface area is 111 Å². The fraction of sp³-hybridized carbons (Fsp3) is 0.929. The second-order valence-corrected chi connectivity index (χ2v) is 5.87. The van der Waals surface area contributed by atoms with Crippen molar-refractivity contribution in [2.75, 3.05) is 39.3 Å². The van der Waals surface area contributed by atoms with Crippen molar-refractivity contribution in [3.8, 4) is 0 Å². The van der Waals surface area contributed by atoms with Crippen LogP contribution in [0.1, 0.15) is 40.0 Å².